The molecular formula is C22H17F5N4O4. The number of hydrogen-bond donors (Lipinski definition) is 2. The number of nitrogens with zero attached hydrogens (tertiary/aromatic N) is 2. The summed E-state index contributed by atoms with van der Waals surface area (Å²) in [6.07, 6.45) is -2.81. The predicted molar refractivity (Wildman–Crippen MR) is 112 cm³/mol. The van der Waals surface area contributed by atoms with Gasteiger partial charge in [-0.1, -0.05) is 0 Å². The molecule has 3 heterocycles. The van der Waals surface area contributed by atoms with Gasteiger partial charge in [-0.25, -0.2) is 23.5 Å². The van der Waals surface area contributed by atoms with Gasteiger partial charge in [0.05, 0.1) is 25.6 Å². The lowest BCUT2D eigenvalue weighted by molar-refractivity contribution is -0.333. The third kappa shape index (κ3) is 4.80. The molecule has 8 nitrogen and oxygen atoms in total. The molecule has 1 aromatic carbocycles. The van der Waals surface area contributed by atoms with E-state index in [4.69, 9.17) is 14.2 Å². The Balaban J connectivity index is 1.58. The maximum absolute atomic E-state index is 13.9. The van der Waals surface area contributed by atoms with E-state index in [0.29, 0.717) is 6.07 Å². The first kappa shape index (κ1) is 24.1. The molecule has 2 N–H and O–H groups in total. The number of carbonyl (C=O) groups is 1. The van der Waals surface area contributed by atoms with Crippen LogP contribution >= 0.6 is 0 Å². The number of hydrogen-bond acceptors (Lipinski definition) is 6. The zero-order valence-electron chi connectivity index (χ0n) is 18.0. The number of ether oxygens (including phenoxy) is 3. The summed E-state index contributed by atoms with van der Waals surface area (Å²) in [5, 5.41) is 4.75. The number of halogens is 5. The van der Waals surface area contributed by atoms with Crippen LogP contribution in [0.2, 0.25) is 0 Å². The van der Waals surface area contributed by atoms with Crippen LogP contribution in [-0.4, -0.2) is 35.9 Å². The molecule has 0 spiro atoms. The van der Waals surface area contributed by atoms with Gasteiger partial charge in [0, 0.05) is 24.2 Å². The zero-order valence-corrected chi connectivity index (χ0v) is 18.0. The number of alkyl halides is 3. The summed E-state index contributed by atoms with van der Waals surface area (Å²) in [6.45, 7) is -0.160. The van der Waals surface area contributed by atoms with Gasteiger partial charge in [0.2, 0.25) is 11.8 Å². The lowest BCUT2D eigenvalue weighted by atomic mass is 9.85. The molecule has 35 heavy (non-hydrogen) atoms. The Hall–Kier alpha value is -4.00. The summed E-state index contributed by atoms with van der Waals surface area (Å²) in [7, 11) is 1.23. The number of nitrogens with one attached hydrogen (secondary N) is 2. The monoisotopic (exact) mass is 496 g/mol. The van der Waals surface area contributed by atoms with Gasteiger partial charge >= 0.3 is 12.2 Å². The van der Waals surface area contributed by atoms with Gasteiger partial charge in [-0.05, 0) is 30.3 Å². The fourth-order valence-corrected chi connectivity index (χ4v) is 3.40. The molecule has 1 aliphatic heterocycles. The van der Waals surface area contributed by atoms with Gasteiger partial charge in [0.25, 0.3) is 0 Å². The molecule has 2 amide bonds. The van der Waals surface area contributed by atoms with Crippen LogP contribution in [0.25, 0.3) is 0 Å². The second kappa shape index (κ2) is 9.33. The largest absolute Gasteiger partial charge is 0.479 e. The van der Waals surface area contributed by atoms with Gasteiger partial charge in [-0.2, -0.15) is 13.2 Å². The molecule has 1 saturated heterocycles. The molecule has 2 aromatic heterocycles. The average Bonchev–Trinajstić information content (AvgIpc) is 2.75. The molecule has 1 unspecified atom stereocenters. The summed E-state index contributed by atoms with van der Waals surface area (Å²) < 4.78 is 84.3. The van der Waals surface area contributed by atoms with Crippen molar-refractivity contribution in [3.63, 3.8) is 0 Å². The van der Waals surface area contributed by atoms with Gasteiger partial charge in [-0.3, -0.25) is 0 Å². The molecule has 0 saturated carbocycles. The van der Waals surface area contributed by atoms with Crippen LogP contribution in [0.1, 0.15) is 12.0 Å². The Bertz CT molecular complexity index is 1250. The van der Waals surface area contributed by atoms with E-state index in [9.17, 15) is 26.7 Å². The fraction of sp³-hybridized carbons (Fsp3) is 0.227. The van der Waals surface area contributed by atoms with Crippen LogP contribution in [0.3, 0.4) is 0 Å². The van der Waals surface area contributed by atoms with Crippen molar-refractivity contribution in [3.05, 3.63) is 66.0 Å². The maximum atomic E-state index is 13.9. The number of carbonyl (C=O) groups excluding carboxylic acids is 1. The van der Waals surface area contributed by atoms with Crippen LogP contribution < -0.4 is 20.1 Å². The van der Waals surface area contributed by atoms with E-state index in [1.807, 2.05) is 0 Å². The number of urea groups is 1. The molecule has 1 fully saturated rings. The van der Waals surface area contributed by atoms with E-state index in [0.717, 1.165) is 24.4 Å². The van der Waals surface area contributed by atoms with E-state index in [1.54, 1.807) is 0 Å². The lowest BCUT2D eigenvalue weighted by Crippen LogP contribution is -2.52. The summed E-state index contributed by atoms with van der Waals surface area (Å²) in [5.74, 6) is -2.61. The zero-order chi connectivity index (χ0) is 25.2. The molecule has 0 bridgehead atoms. The van der Waals surface area contributed by atoms with Gasteiger partial charge in [0.1, 0.15) is 17.3 Å². The summed E-state index contributed by atoms with van der Waals surface area (Å²) in [5.41, 5.74) is -3.31. The van der Waals surface area contributed by atoms with Crippen molar-refractivity contribution < 1.29 is 41.0 Å². The lowest BCUT2D eigenvalue weighted by Gasteiger charge is -2.43. The van der Waals surface area contributed by atoms with E-state index >= 15 is 0 Å². The number of aromatic nitrogens is 2. The van der Waals surface area contributed by atoms with Crippen LogP contribution in [0.15, 0.2) is 48.8 Å². The summed E-state index contributed by atoms with van der Waals surface area (Å²) in [6, 6.07) is 5.58. The van der Waals surface area contributed by atoms with Crippen molar-refractivity contribution in [3.8, 4) is 17.5 Å². The smallest absolute Gasteiger partial charge is 0.421 e. The minimum absolute atomic E-state index is 0.00207. The van der Waals surface area contributed by atoms with Crippen LogP contribution in [-0.2, 0) is 10.3 Å². The third-order valence-electron chi connectivity index (χ3n) is 5.12. The second-order valence-electron chi connectivity index (χ2n) is 7.32. The highest BCUT2D eigenvalue weighted by atomic mass is 19.4. The molecule has 3 aromatic rings. The second-order valence-corrected chi connectivity index (χ2v) is 7.32. The van der Waals surface area contributed by atoms with Gasteiger partial charge in [-0.15, -0.1) is 0 Å². The molecular weight excluding hydrogens is 479 g/mol. The minimum Gasteiger partial charge on any atom is -0.479 e. The van der Waals surface area contributed by atoms with E-state index in [-0.39, 0.29) is 35.5 Å². The van der Waals surface area contributed by atoms with Crippen molar-refractivity contribution in [2.24, 2.45) is 0 Å². The van der Waals surface area contributed by atoms with Gasteiger partial charge < -0.3 is 24.8 Å². The Morgan fingerprint density at radius 1 is 1.11 bits per heavy atom. The third-order valence-corrected chi connectivity index (χ3v) is 5.12. The van der Waals surface area contributed by atoms with Crippen molar-refractivity contribution in [1.82, 2.24) is 9.97 Å². The Labute approximate surface area is 195 Å². The van der Waals surface area contributed by atoms with Crippen molar-refractivity contribution in [1.29, 1.82) is 0 Å². The first-order chi connectivity index (χ1) is 16.6. The highest BCUT2D eigenvalue weighted by molar-refractivity contribution is 6.00. The minimum atomic E-state index is -4.83. The number of anilines is 2. The first-order valence-electron chi connectivity index (χ1n) is 10.0. The molecule has 13 heteroatoms. The van der Waals surface area contributed by atoms with Gasteiger partial charge in [0.15, 0.2) is 11.4 Å². The van der Waals surface area contributed by atoms with Crippen molar-refractivity contribution in [2.75, 3.05) is 24.4 Å². The van der Waals surface area contributed by atoms with Crippen LogP contribution in [0, 0.1) is 11.6 Å². The number of amides is 2. The van der Waals surface area contributed by atoms with Crippen LogP contribution in [0.5, 0.6) is 17.5 Å². The number of rotatable bonds is 6. The quantitative estimate of drug-likeness (QED) is 0.445. The molecule has 0 radical (unpaired) electrons. The molecule has 0 aliphatic carbocycles. The summed E-state index contributed by atoms with van der Waals surface area (Å²) in [4.78, 5) is 20.0. The van der Waals surface area contributed by atoms with Crippen molar-refractivity contribution >= 4 is 17.4 Å². The average molecular weight is 496 g/mol. The topological polar surface area (TPSA) is 94.6 Å². The first-order valence-corrected chi connectivity index (χ1v) is 10.0. The number of pyridine rings is 2. The predicted octanol–water partition coefficient (Wildman–Crippen LogP) is 5.38. The standard InChI is InChI=1S/C22H17F5N4O4/c1-33-18-15(24)10-13(11-29-18)30-20(32)31-16-3-2-7-28-19(16)35-17-5-4-12(23)9-14(17)21(6-8-34-21)22(25,26)27/h2-5,7,9-11H,6,8H2,1H3,(H2,30,31,32). The molecule has 4 rings (SSSR count). The Morgan fingerprint density at radius 2 is 1.89 bits per heavy atom. The maximum Gasteiger partial charge on any atom is 0.421 e. The fourth-order valence-electron chi connectivity index (χ4n) is 3.40. The Kier molecular flexibility index (Phi) is 6.43. The highest BCUT2D eigenvalue weighted by Gasteiger charge is 2.62. The highest BCUT2D eigenvalue weighted by Crippen LogP contribution is 2.53. The van der Waals surface area contributed by atoms with E-state index in [2.05, 4.69) is 20.6 Å². The normalized spacial score (nSPS) is 17.3. The van der Waals surface area contributed by atoms with E-state index < -0.39 is 41.4 Å². The number of methoxy groups -OCH3 is 1. The molecule has 1 aliphatic rings. The molecule has 1 atom stereocenters. The van der Waals surface area contributed by atoms with E-state index in [1.165, 1.54) is 25.4 Å². The SMILES string of the molecule is COc1ncc(NC(=O)Nc2cccnc2Oc2ccc(F)cc2C2(C(F)(F)F)CCO2)cc1F. The molecule has 184 valence electrons. The van der Waals surface area contributed by atoms with Crippen molar-refractivity contribution in [2.45, 2.75) is 18.2 Å². The number of benzene rings is 1. The Morgan fingerprint density at radius 3 is 2.51 bits per heavy atom. The van der Waals surface area contributed by atoms with Crippen LogP contribution in [0.4, 0.5) is 38.1 Å². The summed E-state index contributed by atoms with van der Waals surface area (Å²) >= 11 is 0.